The van der Waals surface area contributed by atoms with Gasteiger partial charge in [-0.15, -0.1) is 0 Å². The number of nitrogens with one attached hydrogen (secondary N) is 1. The molecule has 15 heavy (non-hydrogen) atoms. The van der Waals surface area contributed by atoms with Crippen LogP contribution >= 0.6 is 0 Å². The Hall–Kier alpha value is -0.370. The fraction of sp³-hybridized carbons (Fsp3) is 0.923. The van der Waals surface area contributed by atoms with Crippen molar-refractivity contribution in [3.8, 4) is 0 Å². The van der Waals surface area contributed by atoms with E-state index in [-0.39, 0.29) is 0 Å². The summed E-state index contributed by atoms with van der Waals surface area (Å²) < 4.78 is 0. The highest BCUT2D eigenvalue weighted by atomic mass is 16.1. The minimum atomic E-state index is 0.360. The molecular formula is C13H27NO. The third-order valence-corrected chi connectivity index (χ3v) is 2.52. The average Bonchev–Trinajstić information content (AvgIpc) is 2.20. The number of unbranched alkanes of at least 4 members (excludes halogenated alkanes) is 5. The summed E-state index contributed by atoms with van der Waals surface area (Å²) in [5, 5.41) is 3.16. The molecule has 0 amide bonds. The molecule has 90 valence electrons. The molecule has 0 unspecified atom stereocenters. The van der Waals surface area contributed by atoms with Gasteiger partial charge in [0.2, 0.25) is 0 Å². The van der Waals surface area contributed by atoms with Gasteiger partial charge in [0.15, 0.2) is 0 Å². The number of carbonyl (C=O) groups excluding carboxylic acids is 1. The third-order valence-electron chi connectivity index (χ3n) is 2.52. The molecule has 0 heterocycles. The quantitative estimate of drug-likeness (QED) is 0.564. The fourth-order valence-corrected chi connectivity index (χ4v) is 1.51. The van der Waals surface area contributed by atoms with Crippen molar-refractivity contribution in [1.29, 1.82) is 0 Å². The normalized spacial score (nSPS) is 10.9. The zero-order valence-corrected chi connectivity index (χ0v) is 10.6. The van der Waals surface area contributed by atoms with Gasteiger partial charge in [-0.3, -0.25) is 4.79 Å². The Kier molecular flexibility index (Phi) is 9.91. The lowest BCUT2D eigenvalue weighted by Gasteiger charge is -2.06. The molecule has 1 N–H and O–H groups in total. The predicted octanol–water partition coefficient (Wildman–Crippen LogP) is 3.30. The Balaban J connectivity index is 3.17. The SMILES string of the molecule is CCCCCCCCC(=O)CNC(C)C. The number of carbonyl (C=O) groups is 1. The highest BCUT2D eigenvalue weighted by Crippen LogP contribution is 2.06. The summed E-state index contributed by atoms with van der Waals surface area (Å²) in [5.74, 6) is 0.360. The second-order valence-electron chi connectivity index (χ2n) is 4.59. The lowest BCUT2D eigenvalue weighted by Crippen LogP contribution is -2.28. The van der Waals surface area contributed by atoms with Crippen LogP contribution in [0.15, 0.2) is 0 Å². The van der Waals surface area contributed by atoms with Crippen LogP contribution in [0.5, 0.6) is 0 Å². The molecule has 0 aliphatic rings. The van der Waals surface area contributed by atoms with Crippen molar-refractivity contribution in [1.82, 2.24) is 5.32 Å². The van der Waals surface area contributed by atoms with Gasteiger partial charge in [0.25, 0.3) is 0 Å². The number of hydrogen-bond donors (Lipinski definition) is 1. The van der Waals surface area contributed by atoms with Crippen molar-refractivity contribution in [3.63, 3.8) is 0 Å². The molecule has 0 rings (SSSR count). The van der Waals surface area contributed by atoms with Gasteiger partial charge in [-0.2, -0.15) is 0 Å². The first-order valence-corrected chi connectivity index (χ1v) is 6.42. The van der Waals surface area contributed by atoms with Gasteiger partial charge in [0.1, 0.15) is 5.78 Å². The van der Waals surface area contributed by atoms with Crippen LogP contribution < -0.4 is 5.32 Å². The standard InChI is InChI=1S/C13H27NO/c1-4-5-6-7-8-9-10-13(15)11-14-12(2)3/h12,14H,4-11H2,1-3H3. The molecule has 0 aromatic heterocycles. The predicted molar refractivity (Wildman–Crippen MR) is 66.1 cm³/mol. The summed E-state index contributed by atoms with van der Waals surface area (Å²) in [6.45, 7) is 6.91. The molecule has 0 spiro atoms. The molecule has 0 aromatic carbocycles. The van der Waals surface area contributed by atoms with Crippen LogP contribution in [0, 0.1) is 0 Å². The zero-order valence-electron chi connectivity index (χ0n) is 10.6. The van der Waals surface area contributed by atoms with E-state index in [0.29, 0.717) is 18.4 Å². The molecule has 0 aliphatic heterocycles. The van der Waals surface area contributed by atoms with E-state index in [1.165, 1.54) is 32.1 Å². The van der Waals surface area contributed by atoms with Crippen molar-refractivity contribution >= 4 is 5.78 Å². The topological polar surface area (TPSA) is 29.1 Å². The molecule has 2 heteroatoms. The van der Waals surface area contributed by atoms with Crippen molar-refractivity contribution in [2.45, 2.75) is 71.8 Å². The lowest BCUT2D eigenvalue weighted by molar-refractivity contribution is -0.118. The largest absolute Gasteiger partial charge is 0.308 e. The summed E-state index contributed by atoms with van der Waals surface area (Å²) in [4.78, 5) is 11.4. The second-order valence-corrected chi connectivity index (χ2v) is 4.59. The van der Waals surface area contributed by atoms with Crippen LogP contribution in [0.2, 0.25) is 0 Å². The summed E-state index contributed by atoms with van der Waals surface area (Å²) >= 11 is 0. The average molecular weight is 213 g/mol. The maximum atomic E-state index is 11.4. The van der Waals surface area contributed by atoms with Gasteiger partial charge in [-0.05, 0) is 6.42 Å². The van der Waals surface area contributed by atoms with E-state index in [4.69, 9.17) is 0 Å². The van der Waals surface area contributed by atoms with E-state index in [2.05, 4.69) is 26.1 Å². The molecule has 0 bridgehead atoms. The Morgan fingerprint density at radius 1 is 1.07 bits per heavy atom. The van der Waals surface area contributed by atoms with Gasteiger partial charge in [-0.1, -0.05) is 52.9 Å². The van der Waals surface area contributed by atoms with Crippen molar-refractivity contribution in [2.75, 3.05) is 6.54 Å². The molecule has 0 fully saturated rings. The Morgan fingerprint density at radius 3 is 2.27 bits per heavy atom. The van der Waals surface area contributed by atoms with Crippen LogP contribution in [-0.2, 0) is 4.79 Å². The molecule has 0 aromatic rings. The molecule has 0 radical (unpaired) electrons. The van der Waals surface area contributed by atoms with E-state index in [9.17, 15) is 4.79 Å². The molecule has 0 aliphatic carbocycles. The van der Waals surface area contributed by atoms with Crippen LogP contribution in [0.25, 0.3) is 0 Å². The molecule has 0 saturated carbocycles. The smallest absolute Gasteiger partial charge is 0.146 e. The van der Waals surface area contributed by atoms with Crippen LogP contribution in [0.3, 0.4) is 0 Å². The Labute approximate surface area is 94.8 Å². The maximum Gasteiger partial charge on any atom is 0.146 e. The number of rotatable bonds is 10. The molecule has 2 nitrogen and oxygen atoms in total. The lowest BCUT2D eigenvalue weighted by atomic mass is 10.1. The highest BCUT2D eigenvalue weighted by molar-refractivity contribution is 5.80. The first kappa shape index (κ1) is 14.6. The Morgan fingerprint density at radius 2 is 1.67 bits per heavy atom. The summed E-state index contributed by atoms with van der Waals surface area (Å²) in [7, 11) is 0. The first-order valence-electron chi connectivity index (χ1n) is 6.42. The first-order chi connectivity index (χ1) is 7.16. The van der Waals surface area contributed by atoms with E-state index < -0.39 is 0 Å². The molecule has 0 atom stereocenters. The summed E-state index contributed by atoms with van der Waals surface area (Å²) in [6.07, 6.45) is 8.29. The van der Waals surface area contributed by atoms with E-state index in [1.54, 1.807) is 0 Å². The van der Waals surface area contributed by atoms with Gasteiger partial charge >= 0.3 is 0 Å². The number of hydrogen-bond acceptors (Lipinski definition) is 2. The summed E-state index contributed by atoms with van der Waals surface area (Å²) in [5.41, 5.74) is 0. The zero-order chi connectivity index (χ0) is 11.5. The van der Waals surface area contributed by atoms with Gasteiger partial charge in [-0.25, -0.2) is 0 Å². The van der Waals surface area contributed by atoms with Crippen molar-refractivity contribution in [3.05, 3.63) is 0 Å². The van der Waals surface area contributed by atoms with Gasteiger partial charge in [0.05, 0.1) is 6.54 Å². The maximum absolute atomic E-state index is 11.4. The second kappa shape index (κ2) is 10.2. The summed E-state index contributed by atoms with van der Waals surface area (Å²) in [6, 6.07) is 0.415. The fourth-order valence-electron chi connectivity index (χ4n) is 1.51. The highest BCUT2D eigenvalue weighted by Gasteiger charge is 2.02. The Bertz CT molecular complexity index is 155. The third kappa shape index (κ3) is 11.6. The number of Topliss-reactive ketones (excluding diaryl/α,β-unsaturated/α-hetero) is 1. The van der Waals surface area contributed by atoms with Crippen molar-refractivity contribution < 1.29 is 4.79 Å². The van der Waals surface area contributed by atoms with Crippen LogP contribution in [0.1, 0.15) is 65.7 Å². The monoisotopic (exact) mass is 213 g/mol. The van der Waals surface area contributed by atoms with Crippen LogP contribution in [0.4, 0.5) is 0 Å². The van der Waals surface area contributed by atoms with Gasteiger partial charge in [0, 0.05) is 12.5 Å². The molecular weight excluding hydrogens is 186 g/mol. The molecule has 0 saturated heterocycles. The van der Waals surface area contributed by atoms with Gasteiger partial charge < -0.3 is 5.32 Å². The van der Waals surface area contributed by atoms with Crippen molar-refractivity contribution in [2.24, 2.45) is 0 Å². The van der Waals surface area contributed by atoms with E-state index in [0.717, 1.165) is 12.8 Å². The van der Waals surface area contributed by atoms with E-state index >= 15 is 0 Å². The van der Waals surface area contributed by atoms with Crippen LogP contribution in [-0.4, -0.2) is 18.4 Å². The minimum absolute atomic E-state index is 0.360. The van der Waals surface area contributed by atoms with E-state index in [1.807, 2.05) is 0 Å². The number of ketones is 1. The minimum Gasteiger partial charge on any atom is -0.308 e.